The topological polar surface area (TPSA) is 258 Å². The molecule has 10 rings (SSSR count). The molecule has 0 unspecified atom stereocenters. The molecule has 4 heterocycles. The number of sulfonamides is 2. The van der Waals surface area contributed by atoms with Crippen LogP contribution in [0.15, 0.2) is 188 Å². The van der Waals surface area contributed by atoms with E-state index < -0.39 is 43.4 Å². The van der Waals surface area contributed by atoms with Crippen molar-refractivity contribution in [3.8, 4) is 22.5 Å². The number of nitrogens with two attached hydrogens (primary N) is 1. The fourth-order valence-corrected chi connectivity index (χ4v) is 13.1. The van der Waals surface area contributed by atoms with E-state index >= 15 is 8.78 Å². The van der Waals surface area contributed by atoms with Gasteiger partial charge in [0.1, 0.15) is 17.2 Å². The van der Waals surface area contributed by atoms with E-state index in [1.165, 1.54) is 72.1 Å². The first-order valence-electron chi connectivity index (χ1n) is 26.8. The van der Waals surface area contributed by atoms with Crippen molar-refractivity contribution >= 4 is 72.9 Å². The molecule has 24 heteroatoms. The van der Waals surface area contributed by atoms with Gasteiger partial charge in [0.2, 0.25) is 11.9 Å². The fourth-order valence-electron chi connectivity index (χ4n) is 9.13. The van der Waals surface area contributed by atoms with Gasteiger partial charge in [0.25, 0.3) is 20.0 Å². The Labute approximate surface area is 490 Å². The molecule has 8 aromatic rings. The highest BCUT2D eigenvalue weighted by molar-refractivity contribution is 7.99. The SMILES string of the molecule is CC(C)(C)OC(=O)NC1CCC(Nc2nccc(-c3cnccc3Sc3ccc(NS(=O)(=O)c4ccccc4)cc3F)n2)CC1.NC1CCC(Nc2nccc(-c3cnccc3Sc3ccc(NS(=O)(=O)c4ccccc4)cc3F)n2)CC1. The maximum atomic E-state index is 15.2. The van der Waals surface area contributed by atoms with Crippen LogP contribution in [0.5, 0.6) is 0 Å². The van der Waals surface area contributed by atoms with Crippen molar-refractivity contribution < 1.29 is 35.1 Å². The maximum Gasteiger partial charge on any atom is 0.407 e. The lowest BCUT2D eigenvalue weighted by Crippen LogP contribution is -2.42. The van der Waals surface area contributed by atoms with E-state index in [1.54, 1.807) is 104 Å². The normalized spacial score (nSPS) is 17.2. The average molecular weight is 1200 g/mol. The lowest BCUT2D eigenvalue weighted by molar-refractivity contribution is 0.0492. The number of halogens is 2. The van der Waals surface area contributed by atoms with Crippen molar-refractivity contribution in [3.63, 3.8) is 0 Å². The lowest BCUT2D eigenvalue weighted by Gasteiger charge is -2.30. The highest BCUT2D eigenvalue weighted by Gasteiger charge is 2.26. The molecule has 0 atom stereocenters. The fraction of sp³-hybridized carbons (Fsp3) is 0.271. The summed E-state index contributed by atoms with van der Waals surface area (Å²) in [5.41, 5.74) is 8.46. The lowest BCUT2D eigenvalue weighted by atomic mass is 9.91. The van der Waals surface area contributed by atoms with Crippen molar-refractivity contribution in [2.45, 2.75) is 131 Å². The largest absolute Gasteiger partial charge is 0.444 e. The van der Waals surface area contributed by atoms with Gasteiger partial charge in [0.15, 0.2) is 0 Å². The Morgan fingerprint density at radius 1 is 0.554 bits per heavy atom. The van der Waals surface area contributed by atoms with Gasteiger partial charge in [-0.1, -0.05) is 59.9 Å². The van der Waals surface area contributed by atoms with Crippen molar-refractivity contribution in [2.75, 3.05) is 20.1 Å². The summed E-state index contributed by atoms with van der Waals surface area (Å²) in [4.78, 5) is 41.1. The first-order valence-corrected chi connectivity index (χ1v) is 31.4. The van der Waals surface area contributed by atoms with Crippen LogP contribution in [-0.4, -0.2) is 82.6 Å². The Kier molecular flexibility index (Phi) is 19.5. The van der Waals surface area contributed by atoms with Gasteiger partial charge in [-0.15, -0.1) is 0 Å². The quantitative estimate of drug-likeness (QED) is 0.0495. The predicted octanol–water partition coefficient (Wildman–Crippen LogP) is 12.2. The third kappa shape index (κ3) is 16.9. The molecule has 4 aromatic heterocycles. The number of nitrogens with one attached hydrogen (secondary N) is 5. The van der Waals surface area contributed by atoms with Crippen LogP contribution in [0.4, 0.5) is 36.8 Å². The smallest absolute Gasteiger partial charge is 0.407 e. The number of hydrogen-bond acceptors (Lipinski definition) is 17. The van der Waals surface area contributed by atoms with Gasteiger partial charge in [-0.3, -0.25) is 19.4 Å². The molecule has 432 valence electrons. The third-order valence-corrected chi connectivity index (χ3v) is 18.3. The molecule has 2 saturated carbocycles. The highest BCUT2D eigenvalue weighted by atomic mass is 32.2. The summed E-state index contributed by atoms with van der Waals surface area (Å²) in [6.07, 6.45) is 16.7. The summed E-state index contributed by atoms with van der Waals surface area (Å²) >= 11 is 2.40. The van der Waals surface area contributed by atoms with Gasteiger partial charge >= 0.3 is 6.09 Å². The number of rotatable bonds is 17. The summed E-state index contributed by atoms with van der Waals surface area (Å²) in [5.74, 6) is -0.120. The van der Waals surface area contributed by atoms with Crippen LogP contribution in [0.3, 0.4) is 0 Å². The van der Waals surface area contributed by atoms with Gasteiger partial charge in [-0.2, -0.15) is 0 Å². The summed E-state index contributed by atoms with van der Waals surface area (Å²) in [5, 5.41) is 9.77. The number of nitrogens with zero attached hydrogens (tertiary/aromatic N) is 6. The zero-order valence-electron chi connectivity index (χ0n) is 45.6. The molecule has 1 amide bonds. The summed E-state index contributed by atoms with van der Waals surface area (Å²) < 4.78 is 91.0. The number of carbonyl (C=O) groups is 1. The second-order valence-electron chi connectivity index (χ2n) is 20.7. The molecular weight excluding hydrogens is 1140 g/mol. The molecule has 0 saturated heterocycles. The molecule has 7 N–H and O–H groups in total. The van der Waals surface area contributed by atoms with E-state index in [9.17, 15) is 21.6 Å². The van der Waals surface area contributed by atoms with Crippen molar-refractivity contribution in [1.29, 1.82) is 0 Å². The van der Waals surface area contributed by atoms with Crippen molar-refractivity contribution in [2.24, 2.45) is 5.73 Å². The van der Waals surface area contributed by atoms with E-state index in [0.29, 0.717) is 38.6 Å². The van der Waals surface area contributed by atoms with Gasteiger partial charge < -0.3 is 26.4 Å². The maximum absolute atomic E-state index is 15.2. The molecule has 2 aliphatic rings. The van der Waals surface area contributed by atoms with E-state index in [2.05, 4.69) is 50.3 Å². The van der Waals surface area contributed by atoms with E-state index in [4.69, 9.17) is 15.5 Å². The van der Waals surface area contributed by atoms with Crippen LogP contribution in [0, 0.1) is 11.6 Å². The Hall–Kier alpha value is -7.77. The minimum absolute atomic E-state index is 0.0543. The number of aromatic nitrogens is 6. The number of alkyl carbamates (subject to hydrolysis) is 1. The Bertz CT molecular complexity index is 3740. The van der Waals surface area contributed by atoms with E-state index in [1.807, 2.05) is 20.8 Å². The molecule has 18 nitrogen and oxygen atoms in total. The highest BCUT2D eigenvalue weighted by Crippen LogP contribution is 2.39. The Morgan fingerprint density at radius 3 is 1.40 bits per heavy atom. The van der Waals surface area contributed by atoms with Crippen LogP contribution >= 0.6 is 23.5 Å². The van der Waals surface area contributed by atoms with Crippen molar-refractivity contribution in [1.82, 2.24) is 35.2 Å². The minimum atomic E-state index is -3.85. The number of carbonyl (C=O) groups excluding carboxylic acids is 1. The van der Waals surface area contributed by atoms with E-state index in [-0.39, 0.29) is 45.3 Å². The summed E-state index contributed by atoms with van der Waals surface area (Å²) in [6.45, 7) is 5.52. The average Bonchev–Trinajstić information content (AvgIpc) is 3.47. The van der Waals surface area contributed by atoms with Crippen molar-refractivity contribution in [3.05, 3.63) is 170 Å². The second-order valence-corrected chi connectivity index (χ2v) is 26.2. The predicted molar refractivity (Wildman–Crippen MR) is 319 cm³/mol. The molecule has 2 aliphatic carbocycles. The van der Waals surface area contributed by atoms with Gasteiger partial charge in [-0.25, -0.2) is 50.3 Å². The zero-order chi connectivity index (χ0) is 58.6. The van der Waals surface area contributed by atoms with E-state index in [0.717, 1.165) is 72.8 Å². The van der Waals surface area contributed by atoms with Gasteiger partial charge in [0.05, 0.1) is 32.6 Å². The van der Waals surface area contributed by atoms with Crippen LogP contribution in [0.2, 0.25) is 0 Å². The Morgan fingerprint density at radius 2 is 0.976 bits per heavy atom. The first-order chi connectivity index (χ1) is 39.8. The molecule has 0 spiro atoms. The molecule has 0 radical (unpaired) electrons. The molecule has 4 aromatic carbocycles. The number of hydrogen-bond donors (Lipinski definition) is 6. The zero-order valence-corrected chi connectivity index (χ0v) is 48.8. The molecule has 2 fully saturated rings. The molecule has 0 aliphatic heterocycles. The molecule has 0 bridgehead atoms. The van der Waals surface area contributed by atoms with Crippen LogP contribution in [-0.2, 0) is 24.8 Å². The number of ether oxygens (including phenoxy) is 1. The third-order valence-electron chi connectivity index (χ3n) is 13.2. The first kappa shape index (κ1) is 59.8. The van der Waals surface area contributed by atoms with Gasteiger partial charge in [0, 0.05) is 92.1 Å². The number of amides is 1. The Balaban J connectivity index is 0.000000202. The van der Waals surface area contributed by atoms with Crippen LogP contribution in [0.25, 0.3) is 22.5 Å². The van der Waals surface area contributed by atoms with Crippen LogP contribution in [0.1, 0.15) is 72.1 Å². The summed E-state index contributed by atoms with van der Waals surface area (Å²) in [6, 6.07) is 32.2. The second kappa shape index (κ2) is 27.1. The minimum Gasteiger partial charge on any atom is -0.444 e. The molecule has 83 heavy (non-hydrogen) atoms. The monoisotopic (exact) mass is 1200 g/mol. The van der Waals surface area contributed by atoms with Gasteiger partial charge in [-0.05, 0) is 157 Å². The summed E-state index contributed by atoms with van der Waals surface area (Å²) in [7, 11) is -7.67. The number of benzene rings is 4. The van der Waals surface area contributed by atoms with Crippen LogP contribution < -0.4 is 31.1 Å². The number of pyridine rings is 2. The molecular formula is C59H62F2N12O6S4. The number of anilines is 4. The standard InChI is InChI=1S/C32H35FN6O4S2.C27H27FN6O2S2/c1-32(2,3)43-31(40)37-22-11-9-21(10-12-22)36-30-35-18-15-27(38-30)25-20-34-17-16-28(25)44-29-14-13-23(19-26(29)33)39-45(41,42)24-7-5-4-6-8-24;28-23-16-20(34-38(35,36)21-4-2-1-3-5-21)10-11-26(23)37-25-13-14-30-17-22(25)24-12-15-31-27(33-24)32-19-8-6-18(29)7-9-19/h4-8,13-22,39H,9-12H2,1-3H3,(H,37,40)(H,35,36,38);1-5,10-19,34H,6-9,29H2,(H,31,32,33).